The van der Waals surface area contributed by atoms with Crippen molar-refractivity contribution in [2.45, 2.75) is 31.7 Å². The van der Waals surface area contributed by atoms with Crippen LogP contribution in [0.5, 0.6) is 0 Å². The summed E-state index contributed by atoms with van der Waals surface area (Å²) in [4.78, 5) is 25.6. The summed E-state index contributed by atoms with van der Waals surface area (Å²) in [6, 6.07) is 6.66. The lowest BCUT2D eigenvalue weighted by atomic mass is 9.81. The van der Waals surface area contributed by atoms with E-state index in [1.54, 1.807) is 0 Å². The maximum absolute atomic E-state index is 12.7. The van der Waals surface area contributed by atoms with Gasteiger partial charge in [-0.2, -0.15) is 0 Å². The molecule has 2 atom stereocenters. The Morgan fingerprint density at radius 1 is 1.43 bits per heavy atom. The Hall–Kier alpha value is -1.92. The van der Waals surface area contributed by atoms with Crippen molar-refractivity contribution in [3.8, 4) is 0 Å². The maximum atomic E-state index is 12.7. The minimum absolute atomic E-state index is 0.214. The summed E-state index contributed by atoms with van der Waals surface area (Å²) in [6.45, 7) is 3.65. The fourth-order valence-corrected chi connectivity index (χ4v) is 2.75. The first-order valence-corrected chi connectivity index (χ1v) is 6.87. The highest BCUT2D eigenvalue weighted by Gasteiger charge is 2.47. The van der Waals surface area contributed by atoms with Gasteiger partial charge in [0.2, 0.25) is 5.91 Å². The fourth-order valence-electron chi connectivity index (χ4n) is 2.75. The summed E-state index contributed by atoms with van der Waals surface area (Å²) < 4.78 is 0. The first-order chi connectivity index (χ1) is 9.93. The van der Waals surface area contributed by atoms with E-state index >= 15 is 0 Å². The highest BCUT2D eigenvalue weighted by Crippen LogP contribution is 2.36. The number of nitrogens with zero attached hydrogens (tertiary/aromatic N) is 1. The average Bonchev–Trinajstić information content (AvgIpc) is 2.78. The number of carbonyl (C=O) groups excluding carboxylic acids is 2. The number of hydrogen-bond acceptors (Lipinski definition) is 4. The molecule has 6 heteroatoms. The summed E-state index contributed by atoms with van der Waals surface area (Å²) >= 11 is 0. The van der Waals surface area contributed by atoms with E-state index in [0.29, 0.717) is 13.0 Å². The number of rotatable bonds is 4. The SMILES string of the molecule is Cc1ccc(C2(C)CCN(C(CO)C(=O)NO)C2=O)cc1. The molecular formula is C15H20N2O4. The van der Waals surface area contributed by atoms with Crippen LogP contribution in [-0.2, 0) is 15.0 Å². The lowest BCUT2D eigenvalue weighted by molar-refractivity contribution is -0.145. The smallest absolute Gasteiger partial charge is 0.268 e. The van der Waals surface area contributed by atoms with Crippen LogP contribution in [0.1, 0.15) is 24.5 Å². The predicted octanol–water partition coefficient (Wildman–Crippen LogP) is 0.351. The van der Waals surface area contributed by atoms with Gasteiger partial charge in [0.1, 0.15) is 6.04 Å². The van der Waals surface area contributed by atoms with Crippen molar-refractivity contribution >= 4 is 11.8 Å². The largest absolute Gasteiger partial charge is 0.394 e. The Balaban J connectivity index is 2.28. The number of aliphatic hydroxyl groups is 1. The molecule has 1 fully saturated rings. The van der Waals surface area contributed by atoms with Gasteiger partial charge in [0, 0.05) is 6.54 Å². The lowest BCUT2D eigenvalue weighted by Crippen LogP contribution is -2.51. The van der Waals surface area contributed by atoms with Crippen molar-refractivity contribution < 1.29 is 19.9 Å². The molecule has 0 bridgehead atoms. The van der Waals surface area contributed by atoms with Crippen molar-refractivity contribution in [1.29, 1.82) is 0 Å². The van der Waals surface area contributed by atoms with E-state index in [4.69, 9.17) is 5.21 Å². The molecule has 1 saturated heterocycles. The molecule has 3 N–H and O–H groups in total. The molecule has 2 amide bonds. The molecule has 1 aromatic carbocycles. The number of amides is 2. The van der Waals surface area contributed by atoms with Gasteiger partial charge in [-0.3, -0.25) is 14.8 Å². The van der Waals surface area contributed by atoms with E-state index in [-0.39, 0.29) is 5.91 Å². The van der Waals surface area contributed by atoms with Gasteiger partial charge in [-0.1, -0.05) is 29.8 Å². The first-order valence-electron chi connectivity index (χ1n) is 6.87. The molecule has 0 aliphatic carbocycles. The van der Waals surface area contributed by atoms with Gasteiger partial charge in [-0.25, -0.2) is 5.48 Å². The van der Waals surface area contributed by atoms with E-state index in [9.17, 15) is 14.7 Å². The molecule has 2 unspecified atom stereocenters. The second-order valence-electron chi connectivity index (χ2n) is 5.62. The molecule has 1 aromatic rings. The fraction of sp³-hybridized carbons (Fsp3) is 0.467. The molecule has 0 aromatic heterocycles. The highest BCUT2D eigenvalue weighted by molar-refractivity contribution is 5.94. The third-order valence-electron chi connectivity index (χ3n) is 4.24. The van der Waals surface area contributed by atoms with E-state index in [1.807, 2.05) is 38.1 Å². The van der Waals surface area contributed by atoms with Crippen molar-refractivity contribution in [2.24, 2.45) is 0 Å². The Kier molecular flexibility index (Phi) is 4.29. The molecule has 0 radical (unpaired) electrons. The standard InChI is InChI=1S/C15H20N2O4/c1-10-3-5-11(6-4-10)15(2)7-8-17(14(15)20)12(9-18)13(19)16-21/h3-6,12,18,21H,7-9H2,1-2H3,(H,16,19). The summed E-state index contributed by atoms with van der Waals surface area (Å²) in [5.74, 6) is -0.993. The number of aryl methyl sites for hydroxylation is 1. The predicted molar refractivity (Wildman–Crippen MR) is 75.7 cm³/mol. The molecule has 1 aliphatic rings. The van der Waals surface area contributed by atoms with Crippen LogP contribution in [0.2, 0.25) is 0 Å². The zero-order chi connectivity index (χ0) is 15.6. The third kappa shape index (κ3) is 2.64. The van der Waals surface area contributed by atoms with Crippen molar-refractivity contribution in [2.75, 3.05) is 13.2 Å². The molecule has 1 heterocycles. The number of hydrogen-bond donors (Lipinski definition) is 3. The van der Waals surface area contributed by atoms with Crippen LogP contribution in [-0.4, -0.2) is 46.2 Å². The van der Waals surface area contributed by atoms with Gasteiger partial charge in [-0.15, -0.1) is 0 Å². The van der Waals surface area contributed by atoms with Crippen molar-refractivity contribution in [3.63, 3.8) is 0 Å². The quantitative estimate of drug-likeness (QED) is 0.552. The topological polar surface area (TPSA) is 89.9 Å². The van der Waals surface area contributed by atoms with Crippen LogP contribution >= 0.6 is 0 Å². The first kappa shape index (κ1) is 15.5. The van der Waals surface area contributed by atoms with Gasteiger partial charge in [0.15, 0.2) is 0 Å². The monoisotopic (exact) mass is 292 g/mol. The van der Waals surface area contributed by atoms with Crippen LogP contribution in [0.3, 0.4) is 0 Å². The number of hydroxylamine groups is 1. The summed E-state index contributed by atoms with van der Waals surface area (Å²) in [7, 11) is 0. The Bertz CT molecular complexity index is 543. The third-order valence-corrected chi connectivity index (χ3v) is 4.24. The Morgan fingerprint density at radius 3 is 2.57 bits per heavy atom. The zero-order valence-corrected chi connectivity index (χ0v) is 12.2. The van der Waals surface area contributed by atoms with Crippen molar-refractivity contribution in [1.82, 2.24) is 10.4 Å². The number of carbonyl (C=O) groups is 2. The van der Waals surface area contributed by atoms with Crippen LogP contribution in [0.4, 0.5) is 0 Å². The molecular weight excluding hydrogens is 272 g/mol. The molecule has 0 saturated carbocycles. The van der Waals surface area contributed by atoms with Crippen LogP contribution in [0.25, 0.3) is 0 Å². The molecule has 1 aliphatic heterocycles. The van der Waals surface area contributed by atoms with Gasteiger partial charge in [0.25, 0.3) is 5.91 Å². The molecule has 21 heavy (non-hydrogen) atoms. The molecule has 0 spiro atoms. The Morgan fingerprint density at radius 2 is 2.05 bits per heavy atom. The van der Waals surface area contributed by atoms with Gasteiger partial charge < -0.3 is 10.0 Å². The lowest BCUT2D eigenvalue weighted by Gasteiger charge is -2.28. The average molecular weight is 292 g/mol. The Labute approximate surface area is 123 Å². The van der Waals surface area contributed by atoms with Gasteiger partial charge in [0.05, 0.1) is 12.0 Å². The minimum Gasteiger partial charge on any atom is -0.394 e. The second kappa shape index (κ2) is 5.83. The zero-order valence-electron chi connectivity index (χ0n) is 12.2. The van der Waals surface area contributed by atoms with Gasteiger partial charge >= 0.3 is 0 Å². The summed E-state index contributed by atoms with van der Waals surface area (Å²) in [5, 5.41) is 18.0. The van der Waals surface area contributed by atoms with E-state index in [1.165, 1.54) is 10.4 Å². The van der Waals surface area contributed by atoms with Crippen LogP contribution in [0.15, 0.2) is 24.3 Å². The molecule has 6 nitrogen and oxygen atoms in total. The number of benzene rings is 1. The minimum atomic E-state index is -1.06. The molecule has 2 rings (SSSR count). The number of aliphatic hydroxyl groups excluding tert-OH is 1. The number of likely N-dealkylation sites (tertiary alicyclic amines) is 1. The van der Waals surface area contributed by atoms with Crippen LogP contribution in [0, 0.1) is 6.92 Å². The van der Waals surface area contributed by atoms with E-state index < -0.39 is 24.0 Å². The highest BCUT2D eigenvalue weighted by atomic mass is 16.5. The van der Waals surface area contributed by atoms with E-state index in [0.717, 1.165) is 11.1 Å². The normalized spacial score (nSPS) is 23.2. The summed E-state index contributed by atoms with van der Waals surface area (Å²) in [5.41, 5.74) is 2.78. The van der Waals surface area contributed by atoms with E-state index in [2.05, 4.69) is 0 Å². The summed E-state index contributed by atoms with van der Waals surface area (Å²) in [6.07, 6.45) is 0.560. The molecule has 114 valence electrons. The van der Waals surface area contributed by atoms with Gasteiger partial charge in [-0.05, 0) is 25.8 Å². The maximum Gasteiger partial charge on any atom is 0.268 e. The number of nitrogens with one attached hydrogen (secondary N) is 1. The van der Waals surface area contributed by atoms with Crippen molar-refractivity contribution in [3.05, 3.63) is 35.4 Å². The van der Waals surface area contributed by atoms with Crippen LogP contribution < -0.4 is 5.48 Å². The second-order valence-corrected chi connectivity index (χ2v) is 5.62.